The van der Waals surface area contributed by atoms with Gasteiger partial charge in [-0.1, -0.05) is 30.3 Å². The number of nitrogens with one attached hydrogen (secondary N) is 1. The number of carbonyl (C=O) groups excluding carboxylic acids is 1. The molecule has 2 N–H and O–H groups in total. The van der Waals surface area contributed by atoms with E-state index in [0.29, 0.717) is 6.54 Å². The van der Waals surface area contributed by atoms with Crippen LogP contribution in [0.2, 0.25) is 0 Å². The Bertz CT molecular complexity index is 854. The number of unbranched alkanes of at least 4 members (excludes halogenated alkanes) is 1. The van der Waals surface area contributed by atoms with Crippen LogP contribution in [0, 0.1) is 0 Å². The summed E-state index contributed by atoms with van der Waals surface area (Å²) in [7, 11) is 0. The number of benzene rings is 1. The normalized spacial score (nSPS) is 12.7. The van der Waals surface area contributed by atoms with Gasteiger partial charge in [0.05, 0.1) is 0 Å². The Hall–Kier alpha value is -2.74. The molecule has 0 fully saturated rings. The van der Waals surface area contributed by atoms with E-state index >= 15 is 0 Å². The van der Waals surface area contributed by atoms with Crippen LogP contribution in [0.25, 0.3) is 0 Å². The molecule has 2 aromatic rings. The summed E-state index contributed by atoms with van der Waals surface area (Å²) >= 11 is 0. The van der Waals surface area contributed by atoms with Gasteiger partial charge in [0.25, 0.3) is 0 Å². The minimum atomic E-state index is -0.541. The van der Waals surface area contributed by atoms with E-state index in [0.717, 1.165) is 45.2 Å². The van der Waals surface area contributed by atoms with E-state index in [-0.39, 0.29) is 11.9 Å². The standard InChI is InChI=1S/C23H35N3O5/c1-18(24-21(28)31-23(2,3)4)12-15-25(16-19-10-6-5-7-11-19)13-8-9-14-26-20(27)17-30-22(26)29/h5-7,10-11,17-18,27H,8-9,12-16H2,1-4H3,(H,24,28). The summed E-state index contributed by atoms with van der Waals surface area (Å²) in [6, 6.07) is 10.2. The van der Waals surface area contributed by atoms with Gasteiger partial charge in [-0.25, -0.2) is 14.2 Å². The van der Waals surface area contributed by atoms with Crippen LogP contribution in [0.1, 0.15) is 52.5 Å². The first-order chi connectivity index (χ1) is 14.6. The molecule has 31 heavy (non-hydrogen) atoms. The van der Waals surface area contributed by atoms with E-state index in [4.69, 9.17) is 4.74 Å². The van der Waals surface area contributed by atoms with Crippen molar-refractivity contribution >= 4 is 6.09 Å². The monoisotopic (exact) mass is 433 g/mol. The molecule has 0 aliphatic heterocycles. The van der Waals surface area contributed by atoms with Crippen LogP contribution in [0.3, 0.4) is 0 Å². The minimum absolute atomic E-state index is 0.0189. The summed E-state index contributed by atoms with van der Waals surface area (Å²) in [5.41, 5.74) is 0.702. The van der Waals surface area contributed by atoms with Gasteiger partial charge < -0.3 is 19.6 Å². The van der Waals surface area contributed by atoms with Crippen molar-refractivity contribution in [3.63, 3.8) is 0 Å². The molecule has 1 unspecified atom stereocenters. The molecule has 2 rings (SSSR count). The summed E-state index contributed by atoms with van der Waals surface area (Å²) in [4.78, 5) is 25.9. The number of ether oxygens (including phenoxy) is 1. The Morgan fingerprint density at radius 1 is 1.23 bits per heavy atom. The van der Waals surface area contributed by atoms with Crippen molar-refractivity contribution in [3.05, 3.63) is 52.7 Å². The molecule has 8 nitrogen and oxygen atoms in total. The fourth-order valence-corrected chi connectivity index (χ4v) is 3.20. The Balaban J connectivity index is 1.84. The quantitative estimate of drug-likeness (QED) is 0.524. The Kier molecular flexibility index (Phi) is 9.18. The predicted molar refractivity (Wildman–Crippen MR) is 119 cm³/mol. The maximum absolute atomic E-state index is 12.0. The van der Waals surface area contributed by atoms with Crippen LogP contribution >= 0.6 is 0 Å². The molecular formula is C23H35N3O5. The first-order valence-electron chi connectivity index (χ1n) is 10.8. The Labute approximate surface area is 183 Å². The number of hydrogen-bond donors (Lipinski definition) is 2. The molecule has 1 aromatic carbocycles. The number of nitrogens with zero attached hydrogens (tertiary/aromatic N) is 2. The molecule has 1 amide bonds. The fourth-order valence-electron chi connectivity index (χ4n) is 3.20. The average molecular weight is 434 g/mol. The van der Waals surface area contributed by atoms with Crippen LogP contribution in [-0.4, -0.2) is 45.4 Å². The van der Waals surface area contributed by atoms with Gasteiger partial charge in [0.1, 0.15) is 5.60 Å². The summed E-state index contributed by atoms with van der Waals surface area (Å²) in [6.07, 6.45) is 3.04. The lowest BCUT2D eigenvalue weighted by Gasteiger charge is -2.25. The number of oxazole rings is 1. The van der Waals surface area contributed by atoms with Gasteiger partial charge >= 0.3 is 11.8 Å². The molecule has 0 bridgehead atoms. The summed E-state index contributed by atoms with van der Waals surface area (Å²) in [5.74, 6) is -0.686. The summed E-state index contributed by atoms with van der Waals surface area (Å²) in [5, 5.41) is 12.5. The number of aromatic nitrogens is 1. The smallest absolute Gasteiger partial charge is 0.421 e. The van der Waals surface area contributed by atoms with Gasteiger partial charge in [-0.3, -0.25) is 4.90 Å². The van der Waals surface area contributed by atoms with E-state index in [1.54, 1.807) is 0 Å². The van der Waals surface area contributed by atoms with Gasteiger partial charge in [-0.2, -0.15) is 0 Å². The molecule has 0 aliphatic carbocycles. The lowest BCUT2D eigenvalue weighted by atomic mass is 10.1. The SMILES string of the molecule is CC(CCN(CCCCn1c(O)coc1=O)Cc1ccccc1)NC(=O)OC(C)(C)C. The van der Waals surface area contributed by atoms with Crippen molar-refractivity contribution in [3.8, 4) is 5.88 Å². The van der Waals surface area contributed by atoms with Crippen molar-refractivity contribution in [2.24, 2.45) is 0 Å². The van der Waals surface area contributed by atoms with Gasteiger partial charge in [-0.05, 0) is 59.1 Å². The predicted octanol–water partition coefficient (Wildman–Crippen LogP) is 3.73. The maximum atomic E-state index is 12.0. The molecule has 172 valence electrons. The third-order valence-electron chi connectivity index (χ3n) is 4.76. The maximum Gasteiger partial charge on any atom is 0.421 e. The molecular weight excluding hydrogens is 398 g/mol. The lowest BCUT2D eigenvalue weighted by molar-refractivity contribution is 0.0503. The van der Waals surface area contributed by atoms with Crippen LogP contribution in [0.15, 0.2) is 45.8 Å². The van der Waals surface area contributed by atoms with E-state index in [1.165, 1.54) is 10.1 Å². The summed E-state index contributed by atoms with van der Waals surface area (Å²) < 4.78 is 11.2. The number of amides is 1. The van der Waals surface area contributed by atoms with Crippen molar-refractivity contribution in [2.75, 3.05) is 13.1 Å². The molecule has 0 radical (unpaired) electrons. The topological polar surface area (TPSA) is 96.9 Å². The zero-order valence-electron chi connectivity index (χ0n) is 19.0. The number of rotatable bonds is 11. The first kappa shape index (κ1) is 24.5. The molecule has 1 aromatic heterocycles. The van der Waals surface area contributed by atoms with E-state index in [1.807, 2.05) is 45.9 Å². The zero-order valence-corrected chi connectivity index (χ0v) is 19.0. The second-order valence-electron chi connectivity index (χ2n) is 8.82. The minimum Gasteiger partial charge on any atom is -0.492 e. The van der Waals surface area contributed by atoms with Crippen molar-refractivity contribution in [2.45, 2.75) is 71.7 Å². The van der Waals surface area contributed by atoms with Crippen LogP contribution in [-0.2, 0) is 17.8 Å². The highest BCUT2D eigenvalue weighted by atomic mass is 16.6. The molecule has 0 aliphatic rings. The van der Waals surface area contributed by atoms with Crippen LogP contribution < -0.4 is 11.1 Å². The van der Waals surface area contributed by atoms with E-state index < -0.39 is 17.5 Å². The number of hydrogen-bond acceptors (Lipinski definition) is 6. The molecule has 0 spiro atoms. The molecule has 1 heterocycles. The lowest BCUT2D eigenvalue weighted by Crippen LogP contribution is -2.39. The fraction of sp³-hybridized carbons (Fsp3) is 0.565. The highest BCUT2D eigenvalue weighted by molar-refractivity contribution is 5.68. The molecule has 0 saturated carbocycles. The van der Waals surface area contributed by atoms with Gasteiger partial charge in [-0.15, -0.1) is 0 Å². The average Bonchev–Trinajstić information content (AvgIpc) is 3.00. The van der Waals surface area contributed by atoms with Crippen LogP contribution in [0.5, 0.6) is 5.88 Å². The summed E-state index contributed by atoms with van der Waals surface area (Å²) in [6.45, 7) is 10.4. The molecule has 0 saturated heterocycles. The Morgan fingerprint density at radius 2 is 1.94 bits per heavy atom. The largest absolute Gasteiger partial charge is 0.492 e. The van der Waals surface area contributed by atoms with Crippen molar-refractivity contribution in [1.29, 1.82) is 0 Å². The van der Waals surface area contributed by atoms with Crippen molar-refractivity contribution < 1.29 is 19.1 Å². The third kappa shape index (κ3) is 9.29. The zero-order chi connectivity index (χ0) is 22.9. The first-order valence-corrected chi connectivity index (χ1v) is 10.8. The van der Waals surface area contributed by atoms with Gasteiger partial charge in [0.15, 0.2) is 6.26 Å². The highest BCUT2D eigenvalue weighted by Gasteiger charge is 2.18. The second-order valence-corrected chi connectivity index (χ2v) is 8.82. The van der Waals surface area contributed by atoms with Gasteiger partial charge in [0.2, 0.25) is 5.88 Å². The third-order valence-corrected chi connectivity index (χ3v) is 4.76. The number of aromatic hydroxyl groups is 1. The van der Waals surface area contributed by atoms with Crippen molar-refractivity contribution in [1.82, 2.24) is 14.8 Å². The Morgan fingerprint density at radius 3 is 2.55 bits per heavy atom. The number of alkyl carbamates (subject to hydrolysis) is 1. The van der Waals surface area contributed by atoms with Crippen LogP contribution in [0.4, 0.5) is 4.79 Å². The van der Waals surface area contributed by atoms with E-state index in [9.17, 15) is 14.7 Å². The second kappa shape index (κ2) is 11.6. The van der Waals surface area contributed by atoms with Gasteiger partial charge in [0, 0.05) is 25.7 Å². The molecule has 1 atom stereocenters. The van der Waals surface area contributed by atoms with E-state index in [2.05, 4.69) is 26.8 Å². The number of carbonyl (C=O) groups is 1. The highest BCUT2D eigenvalue weighted by Crippen LogP contribution is 2.11. The molecule has 8 heteroatoms.